The monoisotopic (exact) mass is 264 g/mol. The molecule has 0 spiro atoms. The minimum atomic E-state index is 0.0505. The van der Waals surface area contributed by atoms with Crippen molar-refractivity contribution in [2.75, 3.05) is 19.3 Å². The number of carbonyl (C=O) groups excluding carboxylic acids is 1. The summed E-state index contributed by atoms with van der Waals surface area (Å²) in [5.41, 5.74) is 0.755. The van der Waals surface area contributed by atoms with Crippen LogP contribution in [0.4, 0.5) is 0 Å². The third kappa shape index (κ3) is 3.75. The van der Waals surface area contributed by atoms with Crippen LogP contribution in [0.2, 0.25) is 0 Å². The van der Waals surface area contributed by atoms with Crippen LogP contribution in [0.5, 0.6) is 0 Å². The summed E-state index contributed by atoms with van der Waals surface area (Å²) in [6.07, 6.45) is 5.26. The van der Waals surface area contributed by atoms with Gasteiger partial charge in [0.15, 0.2) is 0 Å². The van der Waals surface area contributed by atoms with Gasteiger partial charge in [-0.2, -0.15) is 0 Å². The molecular formula is C14H20N2OS. The lowest BCUT2D eigenvalue weighted by atomic mass is 10.1. The van der Waals surface area contributed by atoms with Crippen LogP contribution in [-0.2, 0) is 0 Å². The predicted octanol–water partition coefficient (Wildman–Crippen LogP) is 2.28. The lowest BCUT2D eigenvalue weighted by Crippen LogP contribution is -2.35. The topological polar surface area (TPSA) is 41.1 Å². The van der Waals surface area contributed by atoms with Gasteiger partial charge in [0.25, 0.3) is 5.91 Å². The molecule has 4 heteroatoms. The largest absolute Gasteiger partial charge is 0.349 e. The highest BCUT2D eigenvalue weighted by Gasteiger charge is 2.15. The van der Waals surface area contributed by atoms with Gasteiger partial charge in [0.05, 0.1) is 0 Å². The molecule has 0 aromatic heterocycles. The van der Waals surface area contributed by atoms with E-state index in [1.54, 1.807) is 11.8 Å². The molecule has 1 atom stereocenters. The molecule has 18 heavy (non-hydrogen) atoms. The Kier molecular flexibility index (Phi) is 5.08. The van der Waals surface area contributed by atoms with E-state index in [0.29, 0.717) is 6.04 Å². The van der Waals surface area contributed by atoms with Crippen LogP contribution in [0.1, 0.15) is 29.6 Å². The van der Waals surface area contributed by atoms with Gasteiger partial charge in [-0.3, -0.25) is 4.79 Å². The second-order valence-corrected chi connectivity index (χ2v) is 5.46. The summed E-state index contributed by atoms with van der Waals surface area (Å²) in [6.45, 7) is 2.06. The van der Waals surface area contributed by atoms with Crippen LogP contribution in [0, 0.1) is 0 Å². The maximum atomic E-state index is 12.1. The van der Waals surface area contributed by atoms with E-state index in [9.17, 15) is 4.79 Å². The van der Waals surface area contributed by atoms with Gasteiger partial charge >= 0.3 is 0 Å². The molecule has 1 aliphatic heterocycles. The lowest BCUT2D eigenvalue weighted by molar-refractivity contribution is 0.0934. The van der Waals surface area contributed by atoms with Crippen molar-refractivity contribution in [2.24, 2.45) is 0 Å². The van der Waals surface area contributed by atoms with E-state index < -0.39 is 0 Å². The molecule has 0 bridgehead atoms. The molecule has 1 aliphatic rings. The Morgan fingerprint density at radius 1 is 1.28 bits per heavy atom. The third-order valence-corrected chi connectivity index (χ3v) is 4.01. The van der Waals surface area contributed by atoms with E-state index >= 15 is 0 Å². The quantitative estimate of drug-likeness (QED) is 0.823. The Morgan fingerprint density at radius 2 is 2.06 bits per heavy atom. The zero-order valence-corrected chi connectivity index (χ0v) is 11.6. The first-order chi connectivity index (χ1) is 8.79. The second-order valence-electron chi connectivity index (χ2n) is 4.58. The van der Waals surface area contributed by atoms with E-state index in [-0.39, 0.29) is 5.91 Å². The van der Waals surface area contributed by atoms with Gasteiger partial charge in [0, 0.05) is 16.5 Å². The molecule has 3 nitrogen and oxygen atoms in total. The fourth-order valence-electron chi connectivity index (χ4n) is 2.17. The van der Waals surface area contributed by atoms with Crippen molar-refractivity contribution in [1.82, 2.24) is 10.6 Å². The van der Waals surface area contributed by atoms with Crippen molar-refractivity contribution < 1.29 is 4.79 Å². The van der Waals surface area contributed by atoms with Gasteiger partial charge in [0.1, 0.15) is 0 Å². The number of hydrogen-bond acceptors (Lipinski definition) is 3. The Morgan fingerprint density at radius 3 is 2.78 bits per heavy atom. The van der Waals surface area contributed by atoms with Crippen LogP contribution in [0.15, 0.2) is 29.2 Å². The highest BCUT2D eigenvalue weighted by atomic mass is 32.2. The van der Waals surface area contributed by atoms with Crippen LogP contribution < -0.4 is 10.6 Å². The smallest absolute Gasteiger partial charge is 0.251 e. The molecule has 98 valence electrons. The van der Waals surface area contributed by atoms with Crippen LogP contribution in [0.25, 0.3) is 0 Å². The fourth-order valence-corrected chi connectivity index (χ4v) is 2.58. The molecule has 2 N–H and O–H groups in total. The molecule has 1 saturated heterocycles. The fraction of sp³-hybridized carbons (Fsp3) is 0.500. The van der Waals surface area contributed by atoms with E-state index in [0.717, 1.165) is 37.9 Å². The van der Waals surface area contributed by atoms with Crippen molar-refractivity contribution in [3.8, 4) is 0 Å². The molecule has 0 saturated carbocycles. The number of amides is 1. The molecule has 1 fully saturated rings. The third-order valence-electron chi connectivity index (χ3n) is 3.26. The molecule has 2 rings (SSSR count). The zero-order chi connectivity index (χ0) is 12.8. The molecule has 1 aromatic carbocycles. The molecule has 1 heterocycles. The highest BCUT2D eigenvalue weighted by Crippen LogP contribution is 2.15. The first-order valence-electron chi connectivity index (χ1n) is 6.45. The zero-order valence-electron chi connectivity index (χ0n) is 10.7. The summed E-state index contributed by atoms with van der Waals surface area (Å²) in [7, 11) is 0. The Labute approximate surface area is 113 Å². The lowest BCUT2D eigenvalue weighted by Gasteiger charge is -2.15. The summed E-state index contributed by atoms with van der Waals surface area (Å²) in [6, 6.07) is 8.10. The van der Waals surface area contributed by atoms with Crippen LogP contribution in [-0.4, -0.2) is 31.3 Å². The van der Waals surface area contributed by atoms with Gasteiger partial charge in [-0.1, -0.05) is 0 Å². The normalized spacial score (nSPS) is 20.2. The Hall–Kier alpha value is -1.00. The summed E-state index contributed by atoms with van der Waals surface area (Å²) >= 11 is 1.69. The van der Waals surface area contributed by atoms with Gasteiger partial charge in [-0.25, -0.2) is 0 Å². The van der Waals surface area contributed by atoms with E-state index in [1.807, 2.05) is 30.5 Å². The number of carbonyl (C=O) groups is 1. The average Bonchev–Trinajstić information content (AvgIpc) is 2.67. The molecule has 1 amide bonds. The number of rotatable bonds is 3. The van der Waals surface area contributed by atoms with Crippen LogP contribution in [0.3, 0.4) is 0 Å². The number of hydrogen-bond donors (Lipinski definition) is 2. The minimum absolute atomic E-state index is 0.0505. The highest BCUT2D eigenvalue weighted by molar-refractivity contribution is 7.98. The summed E-state index contributed by atoms with van der Waals surface area (Å²) in [5.74, 6) is 0.0505. The van der Waals surface area contributed by atoms with E-state index in [2.05, 4.69) is 10.6 Å². The van der Waals surface area contributed by atoms with Gasteiger partial charge < -0.3 is 10.6 Å². The van der Waals surface area contributed by atoms with Crippen LogP contribution >= 0.6 is 11.8 Å². The van der Waals surface area contributed by atoms with Gasteiger partial charge in [0.2, 0.25) is 0 Å². The SMILES string of the molecule is CSc1ccc(C(=O)NC2CCCNCC2)cc1. The maximum Gasteiger partial charge on any atom is 0.251 e. The second kappa shape index (κ2) is 6.81. The van der Waals surface area contributed by atoms with Crippen molar-refractivity contribution in [3.05, 3.63) is 29.8 Å². The number of nitrogens with one attached hydrogen (secondary N) is 2. The van der Waals surface area contributed by atoms with E-state index in [1.165, 1.54) is 4.90 Å². The predicted molar refractivity (Wildman–Crippen MR) is 76.2 cm³/mol. The maximum absolute atomic E-state index is 12.1. The molecular weight excluding hydrogens is 244 g/mol. The summed E-state index contributed by atoms with van der Waals surface area (Å²) in [5, 5.41) is 6.48. The van der Waals surface area contributed by atoms with Crippen molar-refractivity contribution in [3.63, 3.8) is 0 Å². The number of benzene rings is 1. The average molecular weight is 264 g/mol. The minimum Gasteiger partial charge on any atom is -0.349 e. The first kappa shape index (κ1) is 13.4. The summed E-state index contributed by atoms with van der Waals surface area (Å²) in [4.78, 5) is 13.3. The number of thioether (sulfide) groups is 1. The van der Waals surface area contributed by atoms with Gasteiger partial charge in [-0.15, -0.1) is 11.8 Å². The summed E-state index contributed by atoms with van der Waals surface area (Å²) < 4.78 is 0. The molecule has 0 radical (unpaired) electrons. The van der Waals surface area contributed by atoms with Crippen molar-refractivity contribution >= 4 is 17.7 Å². The first-order valence-corrected chi connectivity index (χ1v) is 7.67. The molecule has 1 unspecified atom stereocenters. The van der Waals surface area contributed by atoms with E-state index in [4.69, 9.17) is 0 Å². The van der Waals surface area contributed by atoms with Crippen molar-refractivity contribution in [2.45, 2.75) is 30.2 Å². The molecule has 1 aromatic rings. The Bertz CT molecular complexity index is 383. The van der Waals surface area contributed by atoms with Crippen molar-refractivity contribution in [1.29, 1.82) is 0 Å². The standard InChI is InChI=1S/C14H20N2OS/c1-18-13-6-4-11(5-7-13)14(17)16-12-3-2-9-15-10-8-12/h4-7,12,15H,2-3,8-10H2,1H3,(H,16,17). The Balaban J connectivity index is 1.93. The molecule has 0 aliphatic carbocycles. The van der Waals surface area contributed by atoms with Gasteiger partial charge in [-0.05, 0) is 62.9 Å².